The molecule has 206 valence electrons. The van der Waals surface area contributed by atoms with Gasteiger partial charge < -0.3 is 24.4 Å². The molecule has 3 unspecified atom stereocenters. The molecule has 6 atom stereocenters. The van der Waals surface area contributed by atoms with Gasteiger partial charge in [0.15, 0.2) is 0 Å². The summed E-state index contributed by atoms with van der Waals surface area (Å²) in [7, 11) is 0. The van der Waals surface area contributed by atoms with Crippen LogP contribution in [0.15, 0.2) is 49.6 Å². The van der Waals surface area contributed by atoms with Gasteiger partial charge in [-0.25, -0.2) is 0 Å². The van der Waals surface area contributed by atoms with E-state index in [-0.39, 0.29) is 44.0 Å². The summed E-state index contributed by atoms with van der Waals surface area (Å²) in [6.07, 6.45) is 5.48. The van der Waals surface area contributed by atoms with Gasteiger partial charge in [-0.1, -0.05) is 30.7 Å². The van der Waals surface area contributed by atoms with Crippen molar-refractivity contribution in [3.63, 3.8) is 0 Å². The zero-order valence-corrected chi connectivity index (χ0v) is 22.9. The summed E-state index contributed by atoms with van der Waals surface area (Å²) in [4.78, 5) is 44.9. The van der Waals surface area contributed by atoms with Crippen molar-refractivity contribution in [3.8, 4) is 0 Å². The quantitative estimate of drug-likeness (QED) is 0.244. The number of fused-ring (bicyclic) bond motifs is 1. The SMILES string of the molecule is C=CCCCOC(=O)[C@@H]1[C@H]2C(=O)N(CCCO)C(C(=O)N(CC=C)c3ccc(Cl)cc3)C23CC(C)[C@@]1(C)O3. The molecule has 1 N–H and O–H groups in total. The predicted octanol–water partition coefficient (Wildman–Crippen LogP) is 3.76. The molecule has 0 saturated carbocycles. The van der Waals surface area contributed by atoms with Crippen molar-refractivity contribution in [2.24, 2.45) is 17.8 Å². The first-order chi connectivity index (χ1) is 18.2. The van der Waals surface area contributed by atoms with Gasteiger partial charge >= 0.3 is 5.97 Å². The fourth-order valence-electron chi connectivity index (χ4n) is 6.57. The smallest absolute Gasteiger partial charge is 0.312 e. The lowest BCUT2D eigenvalue weighted by atomic mass is 9.62. The van der Waals surface area contributed by atoms with Crippen LogP contribution in [0.25, 0.3) is 0 Å². The molecule has 1 aromatic carbocycles. The second kappa shape index (κ2) is 11.2. The summed E-state index contributed by atoms with van der Waals surface area (Å²) in [5, 5.41) is 10.1. The Hall–Kier alpha value is -2.68. The van der Waals surface area contributed by atoms with Gasteiger partial charge in [0.1, 0.15) is 17.6 Å². The molecule has 0 aromatic heterocycles. The van der Waals surface area contributed by atoms with Gasteiger partial charge in [-0.05, 0) is 62.8 Å². The minimum Gasteiger partial charge on any atom is -0.465 e. The third kappa shape index (κ3) is 4.56. The molecular formula is C29H37ClN2O6. The van der Waals surface area contributed by atoms with E-state index < -0.39 is 35.0 Å². The molecule has 3 fully saturated rings. The van der Waals surface area contributed by atoms with Gasteiger partial charge in [-0.15, -0.1) is 13.2 Å². The van der Waals surface area contributed by atoms with Gasteiger partial charge in [-0.2, -0.15) is 0 Å². The van der Waals surface area contributed by atoms with Crippen LogP contribution >= 0.6 is 11.6 Å². The number of hydrogen-bond donors (Lipinski definition) is 1. The van der Waals surface area contributed by atoms with Crippen LogP contribution in [0.1, 0.15) is 39.5 Å². The summed E-state index contributed by atoms with van der Waals surface area (Å²) >= 11 is 6.08. The molecule has 3 aliphatic rings. The van der Waals surface area contributed by atoms with Crippen LogP contribution in [0.3, 0.4) is 0 Å². The summed E-state index contributed by atoms with van der Waals surface area (Å²) in [6.45, 7) is 11.8. The summed E-state index contributed by atoms with van der Waals surface area (Å²) < 4.78 is 12.3. The minimum atomic E-state index is -1.19. The Bertz CT molecular complexity index is 1090. The van der Waals surface area contributed by atoms with Crippen molar-refractivity contribution in [2.45, 2.75) is 56.8 Å². The van der Waals surface area contributed by atoms with E-state index in [1.54, 1.807) is 41.3 Å². The molecule has 8 nitrogen and oxygen atoms in total. The summed E-state index contributed by atoms with van der Waals surface area (Å²) in [5.41, 5.74) is -1.52. The predicted molar refractivity (Wildman–Crippen MR) is 145 cm³/mol. The fraction of sp³-hybridized carbons (Fsp3) is 0.552. The molecule has 3 aliphatic heterocycles. The number of esters is 1. The van der Waals surface area contributed by atoms with Gasteiger partial charge in [0.25, 0.3) is 5.91 Å². The van der Waals surface area contributed by atoms with E-state index in [2.05, 4.69) is 13.2 Å². The number of carbonyl (C=O) groups is 3. The van der Waals surface area contributed by atoms with Gasteiger partial charge in [0, 0.05) is 30.4 Å². The van der Waals surface area contributed by atoms with Gasteiger partial charge in [0.05, 0.1) is 18.1 Å². The molecule has 9 heteroatoms. The highest BCUT2D eigenvalue weighted by molar-refractivity contribution is 6.30. The zero-order chi connectivity index (χ0) is 27.7. The van der Waals surface area contributed by atoms with Crippen LogP contribution in [0.4, 0.5) is 5.69 Å². The Kier molecular flexibility index (Phi) is 8.35. The van der Waals surface area contributed by atoms with Crippen LogP contribution in [0, 0.1) is 17.8 Å². The maximum atomic E-state index is 14.4. The monoisotopic (exact) mass is 544 g/mol. The van der Waals surface area contributed by atoms with Gasteiger partial charge in [-0.3, -0.25) is 14.4 Å². The number of aliphatic hydroxyl groups is 1. The van der Waals surface area contributed by atoms with Crippen molar-refractivity contribution in [3.05, 3.63) is 54.6 Å². The van der Waals surface area contributed by atoms with E-state index in [0.29, 0.717) is 36.4 Å². The standard InChI is InChI=1S/C29H37ClN2O6/c1-5-7-8-17-37-27(36)23-22-25(34)32(15-9-16-33)24(29(22)18-19(3)28(23,4)38-29)26(35)31(14-6-2)21-12-10-20(30)11-13-21/h5-6,10-13,19,22-24,33H,1-2,7-9,14-18H2,3-4H3/t19?,22-,23-,24?,28+,29?/m0/s1. The van der Waals surface area contributed by atoms with Crippen LogP contribution in [-0.2, 0) is 23.9 Å². The number of ether oxygens (including phenoxy) is 2. The average Bonchev–Trinajstić information content (AvgIpc) is 3.40. The van der Waals surface area contributed by atoms with E-state index >= 15 is 0 Å². The highest BCUT2D eigenvalue weighted by Crippen LogP contribution is 2.65. The van der Waals surface area contributed by atoms with Crippen LogP contribution in [-0.4, -0.2) is 71.3 Å². The highest BCUT2D eigenvalue weighted by atomic mass is 35.5. The normalized spacial score (nSPS) is 31.3. The number of amides is 2. The molecule has 0 radical (unpaired) electrons. The van der Waals surface area contributed by atoms with Crippen molar-refractivity contribution >= 4 is 35.1 Å². The number of likely N-dealkylation sites (tertiary alicyclic amines) is 1. The third-order valence-electron chi connectivity index (χ3n) is 8.37. The van der Waals surface area contributed by atoms with E-state index in [0.717, 1.165) is 0 Å². The fourth-order valence-corrected chi connectivity index (χ4v) is 6.69. The lowest BCUT2D eigenvalue weighted by Gasteiger charge is -2.37. The minimum absolute atomic E-state index is 0.0891. The number of allylic oxidation sites excluding steroid dienone is 1. The molecule has 2 bridgehead atoms. The molecule has 3 saturated heterocycles. The molecule has 1 spiro atoms. The molecule has 0 aliphatic carbocycles. The Morgan fingerprint density at radius 2 is 1.97 bits per heavy atom. The number of nitrogens with zero attached hydrogens (tertiary/aromatic N) is 2. The Morgan fingerprint density at radius 3 is 2.61 bits per heavy atom. The molecule has 4 rings (SSSR count). The lowest BCUT2D eigenvalue weighted by Crippen LogP contribution is -2.57. The molecule has 2 amide bonds. The van der Waals surface area contributed by atoms with Crippen molar-refractivity contribution in [1.82, 2.24) is 4.90 Å². The Balaban J connectivity index is 1.75. The van der Waals surface area contributed by atoms with E-state index in [4.69, 9.17) is 21.1 Å². The summed E-state index contributed by atoms with van der Waals surface area (Å²) in [6, 6.07) is 5.92. The highest BCUT2D eigenvalue weighted by Gasteiger charge is 2.80. The van der Waals surface area contributed by atoms with E-state index in [1.165, 1.54) is 4.90 Å². The number of anilines is 1. The molecule has 38 heavy (non-hydrogen) atoms. The van der Waals surface area contributed by atoms with Gasteiger partial charge in [0.2, 0.25) is 5.91 Å². The van der Waals surface area contributed by atoms with Crippen molar-refractivity contribution in [1.29, 1.82) is 0 Å². The largest absolute Gasteiger partial charge is 0.465 e. The number of rotatable bonds is 12. The third-order valence-corrected chi connectivity index (χ3v) is 8.62. The van der Waals surface area contributed by atoms with E-state index in [9.17, 15) is 19.5 Å². The topological polar surface area (TPSA) is 96.4 Å². The van der Waals surface area contributed by atoms with Crippen LogP contribution < -0.4 is 4.90 Å². The number of carbonyl (C=O) groups excluding carboxylic acids is 3. The first-order valence-corrected chi connectivity index (χ1v) is 13.6. The number of halogens is 1. The lowest BCUT2D eigenvalue weighted by molar-refractivity contribution is -0.161. The second-order valence-electron chi connectivity index (χ2n) is 10.6. The average molecular weight is 545 g/mol. The number of hydrogen-bond acceptors (Lipinski definition) is 6. The number of benzene rings is 1. The molecular weight excluding hydrogens is 508 g/mol. The van der Waals surface area contributed by atoms with Crippen molar-refractivity contribution in [2.75, 3.05) is 31.2 Å². The summed E-state index contributed by atoms with van der Waals surface area (Å²) in [5.74, 6) is -2.88. The molecule has 1 aromatic rings. The van der Waals surface area contributed by atoms with E-state index in [1.807, 2.05) is 13.8 Å². The molecule has 3 heterocycles. The van der Waals surface area contributed by atoms with Crippen LogP contribution in [0.5, 0.6) is 0 Å². The first kappa shape index (κ1) is 28.3. The second-order valence-corrected chi connectivity index (χ2v) is 11.1. The maximum Gasteiger partial charge on any atom is 0.312 e. The number of unbranched alkanes of at least 4 members (excludes halogenated alkanes) is 1. The Morgan fingerprint density at radius 1 is 1.26 bits per heavy atom. The number of aliphatic hydroxyl groups excluding tert-OH is 1. The van der Waals surface area contributed by atoms with Crippen molar-refractivity contribution < 1.29 is 29.0 Å². The zero-order valence-electron chi connectivity index (χ0n) is 22.1. The first-order valence-electron chi connectivity index (χ1n) is 13.2. The van der Waals surface area contributed by atoms with Crippen LogP contribution in [0.2, 0.25) is 5.02 Å². The maximum absolute atomic E-state index is 14.4. The Labute approximate surface area is 229 Å².